The normalized spacial score (nSPS) is 20.0. The quantitative estimate of drug-likeness (QED) is 0.556. The lowest BCUT2D eigenvalue weighted by Crippen LogP contribution is -2.22. The number of nitrogens with one attached hydrogen (secondary N) is 1. The van der Waals surface area contributed by atoms with E-state index in [4.69, 9.17) is 4.98 Å². The van der Waals surface area contributed by atoms with Gasteiger partial charge in [-0.25, -0.2) is 19.6 Å². The number of hydrogen-bond acceptors (Lipinski definition) is 7. The van der Waals surface area contributed by atoms with Crippen molar-refractivity contribution < 1.29 is 0 Å². The summed E-state index contributed by atoms with van der Waals surface area (Å²) >= 11 is 0. The monoisotopic (exact) mass is 404 g/mol. The maximum Gasteiger partial charge on any atom is 0.262 e. The molecule has 5 heterocycles. The minimum absolute atomic E-state index is 0.122. The number of likely N-dealkylation sites (tertiary alicyclic amines) is 1. The Morgan fingerprint density at radius 3 is 2.80 bits per heavy atom. The number of fused-ring (bicyclic) bond motifs is 2. The van der Waals surface area contributed by atoms with Crippen LogP contribution in [0.2, 0.25) is 0 Å². The van der Waals surface area contributed by atoms with Crippen LogP contribution in [0.4, 0.5) is 0 Å². The van der Waals surface area contributed by atoms with Crippen molar-refractivity contribution in [2.24, 2.45) is 5.92 Å². The number of nitrogens with zero attached hydrogens (tertiary/aromatic N) is 7. The summed E-state index contributed by atoms with van der Waals surface area (Å²) < 4.78 is 1.81. The van der Waals surface area contributed by atoms with Gasteiger partial charge in [-0.05, 0) is 31.4 Å². The minimum Gasteiger partial charge on any atom is -0.310 e. The second-order valence-corrected chi connectivity index (χ2v) is 8.35. The molecule has 1 aliphatic heterocycles. The van der Waals surface area contributed by atoms with Crippen LogP contribution in [-0.2, 0) is 6.54 Å². The highest BCUT2D eigenvalue weighted by Gasteiger charge is 2.33. The van der Waals surface area contributed by atoms with Gasteiger partial charge in [0.2, 0.25) is 0 Å². The lowest BCUT2D eigenvalue weighted by molar-refractivity contribution is 0.319. The summed E-state index contributed by atoms with van der Waals surface area (Å²) in [5.41, 5.74) is 3.14. The molecule has 0 saturated carbocycles. The first-order valence-electron chi connectivity index (χ1n) is 10.3. The van der Waals surface area contributed by atoms with Gasteiger partial charge >= 0.3 is 0 Å². The summed E-state index contributed by atoms with van der Waals surface area (Å²) in [6.45, 7) is 8.77. The average molecular weight is 404 g/mol. The largest absolute Gasteiger partial charge is 0.310 e. The third-order valence-electron chi connectivity index (χ3n) is 5.86. The van der Waals surface area contributed by atoms with Gasteiger partial charge < -0.3 is 4.98 Å². The molecule has 9 nitrogen and oxygen atoms in total. The summed E-state index contributed by atoms with van der Waals surface area (Å²) in [7, 11) is 0. The Labute approximate surface area is 173 Å². The lowest BCUT2D eigenvalue weighted by atomic mass is 9.97. The second kappa shape index (κ2) is 7.24. The van der Waals surface area contributed by atoms with E-state index in [2.05, 4.69) is 36.9 Å². The Bertz CT molecular complexity index is 1270. The van der Waals surface area contributed by atoms with Gasteiger partial charge in [0.05, 0.1) is 6.20 Å². The van der Waals surface area contributed by atoms with Gasteiger partial charge in [-0.2, -0.15) is 5.10 Å². The SMILES string of the molecule is CC(C)n1ncc2c(=O)[nH]c([C@@H]3CN(Cc4ccnc5nccnc45)C[C@H]3C)nc21. The predicted octanol–water partition coefficient (Wildman–Crippen LogP) is 2.27. The van der Waals surface area contributed by atoms with Gasteiger partial charge in [0, 0.05) is 50.2 Å². The fourth-order valence-electron chi connectivity index (χ4n) is 4.36. The smallest absolute Gasteiger partial charge is 0.262 e. The van der Waals surface area contributed by atoms with Crippen molar-refractivity contribution in [2.45, 2.75) is 39.3 Å². The number of pyridine rings is 1. The van der Waals surface area contributed by atoms with Crippen molar-refractivity contribution >= 4 is 22.2 Å². The van der Waals surface area contributed by atoms with E-state index in [1.165, 1.54) is 0 Å². The standard InChI is InChI=1S/C21H24N8O/c1-12(2)29-20-15(8-25-29)21(30)27-18(26-20)16-11-28(9-13(16)3)10-14-4-5-23-19-17(14)22-6-7-24-19/h4-8,12-13,16H,9-11H2,1-3H3,(H,26,27,30)/t13-,16-/m1/s1. The number of aromatic nitrogens is 7. The zero-order chi connectivity index (χ0) is 20.8. The van der Waals surface area contributed by atoms with E-state index in [1.807, 2.05) is 24.6 Å². The molecule has 9 heteroatoms. The van der Waals surface area contributed by atoms with Crippen LogP contribution in [0, 0.1) is 5.92 Å². The average Bonchev–Trinajstić information content (AvgIpc) is 3.32. The molecule has 0 unspecified atom stereocenters. The predicted molar refractivity (Wildman–Crippen MR) is 113 cm³/mol. The van der Waals surface area contributed by atoms with Gasteiger partial charge in [0.25, 0.3) is 5.56 Å². The molecule has 0 bridgehead atoms. The van der Waals surface area contributed by atoms with E-state index in [1.54, 1.807) is 24.8 Å². The summed E-state index contributed by atoms with van der Waals surface area (Å²) in [6.07, 6.45) is 6.74. The van der Waals surface area contributed by atoms with E-state index in [9.17, 15) is 4.79 Å². The molecule has 154 valence electrons. The highest BCUT2D eigenvalue weighted by molar-refractivity contribution is 5.73. The Balaban J connectivity index is 1.44. The molecule has 1 aliphatic rings. The van der Waals surface area contributed by atoms with E-state index < -0.39 is 0 Å². The Morgan fingerprint density at radius 1 is 1.17 bits per heavy atom. The van der Waals surface area contributed by atoms with Crippen molar-refractivity contribution in [3.8, 4) is 0 Å². The molecule has 5 rings (SSSR count). The van der Waals surface area contributed by atoms with Crippen molar-refractivity contribution in [3.63, 3.8) is 0 Å². The van der Waals surface area contributed by atoms with Crippen molar-refractivity contribution in [1.82, 2.24) is 39.6 Å². The van der Waals surface area contributed by atoms with Crippen molar-refractivity contribution in [3.05, 3.63) is 52.6 Å². The number of H-pyrrole nitrogens is 1. The third-order valence-corrected chi connectivity index (χ3v) is 5.86. The Hall–Kier alpha value is -3.20. The summed E-state index contributed by atoms with van der Waals surface area (Å²) in [5.74, 6) is 1.25. The number of aromatic amines is 1. The molecule has 4 aromatic rings. The highest BCUT2D eigenvalue weighted by Crippen LogP contribution is 2.32. The third kappa shape index (κ3) is 3.15. The first-order valence-corrected chi connectivity index (χ1v) is 10.3. The van der Waals surface area contributed by atoms with Gasteiger partial charge in [0.1, 0.15) is 16.7 Å². The second-order valence-electron chi connectivity index (χ2n) is 8.35. The zero-order valence-electron chi connectivity index (χ0n) is 17.3. The van der Waals surface area contributed by atoms with E-state index in [0.717, 1.165) is 36.5 Å². The molecule has 0 radical (unpaired) electrons. The maximum absolute atomic E-state index is 12.6. The van der Waals surface area contributed by atoms with Crippen LogP contribution in [0.25, 0.3) is 22.2 Å². The van der Waals surface area contributed by atoms with E-state index in [0.29, 0.717) is 22.6 Å². The molecular weight excluding hydrogens is 380 g/mol. The first-order chi connectivity index (χ1) is 14.5. The molecule has 30 heavy (non-hydrogen) atoms. The molecule has 0 aliphatic carbocycles. The first kappa shape index (κ1) is 18.8. The fraction of sp³-hybridized carbons (Fsp3) is 0.429. The van der Waals surface area contributed by atoms with E-state index in [-0.39, 0.29) is 17.5 Å². The van der Waals surface area contributed by atoms with Crippen molar-refractivity contribution in [2.75, 3.05) is 13.1 Å². The van der Waals surface area contributed by atoms with Crippen LogP contribution in [0.5, 0.6) is 0 Å². The van der Waals surface area contributed by atoms with Crippen LogP contribution >= 0.6 is 0 Å². The Kier molecular flexibility index (Phi) is 4.54. The van der Waals surface area contributed by atoms with Gasteiger partial charge in [-0.3, -0.25) is 14.7 Å². The molecule has 0 aromatic carbocycles. The molecule has 0 amide bonds. The van der Waals surface area contributed by atoms with Gasteiger partial charge in [0.15, 0.2) is 11.3 Å². The zero-order valence-corrected chi connectivity index (χ0v) is 17.3. The number of rotatable bonds is 4. The Morgan fingerprint density at radius 2 is 1.97 bits per heavy atom. The van der Waals surface area contributed by atoms with Gasteiger partial charge in [-0.15, -0.1) is 0 Å². The highest BCUT2D eigenvalue weighted by atomic mass is 16.1. The maximum atomic E-state index is 12.6. The topological polar surface area (TPSA) is 105 Å². The van der Waals surface area contributed by atoms with Crippen LogP contribution < -0.4 is 5.56 Å². The molecule has 2 atom stereocenters. The fourth-order valence-corrected chi connectivity index (χ4v) is 4.36. The molecule has 4 aromatic heterocycles. The minimum atomic E-state index is -0.122. The molecular formula is C21H24N8O. The molecule has 1 N–H and O–H groups in total. The van der Waals surface area contributed by atoms with Crippen LogP contribution in [0.15, 0.2) is 35.6 Å². The van der Waals surface area contributed by atoms with Crippen LogP contribution in [0.3, 0.4) is 0 Å². The lowest BCUT2D eigenvalue weighted by Gasteiger charge is -2.16. The van der Waals surface area contributed by atoms with Gasteiger partial charge in [-0.1, -0.05) is 6.92 Å². The van der Waals surface area contributed by atoms with Crippen LogP contribution in [0.1, 0.15) is 44.1 Å². The summed E-state index contributed by atoms with van der Waals surface area (Å²) in [5, 5.41) is 4.89. The summed E-state index contributed by atoms with van der Waals surface area (Å²) in [4.78, 5) is 35.9. The summed E-state index contributed by atoms with van der Waals surface area (Å²) in [6, 6.07) is 2.14. The number of hydrogen-bond donors (Lipinski definition) is 1. The molecule has 1 saturated heterocycles. The van der Waals surface area contributed by atoms with Crippen molar-refractivity contribution in [1.29, 1.82) is 0 Å². The molecule has 0 spiro atoms. The van der Waals surface area contributed by atoms with E-state index >= 15 is 0 Å². The van der Waals surface area contributed by atoms with Crippen LogP contribution in [-0.4, -0.2) is 52.7 Å². The molecule has 1 fully saturated rings.